The van der Waals surface area contributed by atoms with Crippen molar-refractivity contribution >= 4 is 19.0 Å². The van der Waals surface area contributed by atoms with Crippen LogP contribution in [0.15, 0.2) is 36.8 Å². The lowest BCUT2D eigenvalue weighted by molar-refractivity contribution is -0.00308. The number of aromatic nitrogens is 1. The summed E-state index contributed by atoms with van der Waals surface area (Å²) in [6.07, 6.45) is 4.34. The highest BCUT2D eigenvalue weighted by Gasteiger charge is 2.30. The van der Waals surface area contributed by atoms with E-state index in [1.165, 1.54) is 6.07 Å². The summed E-state index contributed by atoms with van der Waals surface area (Å²) in [5, 5.41) is 14.7. The summed E-state index contributed by atoms with van der Waals surface area (Å²) < 4.78 is 21.7. The topological polar surface area (TPSA) is 49.7 Å². The zero-order chi connectivity index (χ0) is 18.9. The minimum absolute atomic E-state index is 0.277. The van der Waals surface area contributed by atoms with Crippen LogP contribution in [-0.2, 0) is 11.8 Å². The number of halogens is 1. The molecule has 0 saturated carbocycles. The molecule has 0 bridgehead atoms. The second-order valence-electron chi connectivity index (χ2n) is 8.06. The number of ether oxygens (including phenoxy) is 1. The molecule has 0 spiro atoms. The number of aliphatic hydroxyl groups excluding tert-OH is 1. The number of aryl methyl sites for hydroxylation is 1. The number of hydrogen-bond acceptors (Lipinski definition) is 4. The maximum absolute atomic E-state index is 14.0. The molecule has 5 nitrogen and oxygen atoms in total. The minimum Gasteiger partial charge on any atom is -0.384 e. The molecule has 7 heteroatoms. The molecule has 2 N–H and O–H groups in total. The average Bonchev–Trinajstić information content (AvgIpc) is 3.18. The Morgan fingerprint density at radius 2 is 2.08 bits per heavy atom. The van der Waals surface area contributed by atoms with Gasteiger partial charge in [-0.05, 0) is 18.2 Å². The van der Waals surface area contributed by atoms with Gasteiger partial charge in [0.1, 0.15) is 24.8 Å². The molecule has 2 atom stereocenters. The molecule has 2 heterocycles. The van der Waals surface area contributed by atoms with Crippen LogP contribution in [0.2, 0.25) is 25.7 Å². The third-order valence-electron chi connectivity index (χ3n) is 4.76. The lowest BCUT2D eigenvalue weighted by Crippen LogP contribution is -2.42. The number of benzene rings is 1. The second-order valence-corrected chi connectivity index (χ2v) is 13.7. The van der Waals surface area contributed by atoms with E-state index in [4.69, 9.17) is 4.74 Å². The lowest BCUT2D eigenvalue weighted by atomic mass is 10.0. The number of fused-ring (bicyclic) bond motifs is 1. The highest BCUT2D eigenvalue weighted by molar-refractivity contribution is 6.76. The lowest BCUT2D eigenvalue weighted by Gasteiger charge is -2.30. The van der Waals surface area contributed by atoms with Gasteiger partial charge in [-0.25, -0.2) is 4.39 Å². The highest BCUT2D eigenvalue weighted by Crippen LogP contribution is 2.30. The van der Waals surface area contributed by atoms with Crippen molar-refractivity contribution < 1.29 is 14.2 Å². The third kappa shape index (κ3) is 3.95. The van der Waals surface area contributed by atoms with Crippen molar-refractivity contribution in [3.05, 3.63) is 48.2 Å². The fraction of sp³-hybridized carbons (Fsp3) is 0.474. The van der Waals surface area contributed by atoms with E-state index in [-0.39, 0.29) is 12.0 Å². The van der Waals surface area contributed by atoms with Crippen molar-refractivity contribution in [2.75, 3.05) is 13.3 Å². The normalized spacial score (nSPS) is 18.5. The van der Waals surface area contributed by atoms with Gasteiger partial charge in [-0.2, -0.15) is 0 Å². The summed E-state index contributed by atoms with van der Waals surface area (Å²) in [7, 11) is 0.732. The first kappa shape index (κ1) is 18.9. The van der Waals surface area contributed by atoms with Crippen molar-refractivity contribution in [3.63, 3.8) is 0 Å². The second kappa shape index (κ2) is 7.42. The Bertz CT molecular complexity index is 800. The van der Waals surface area contributed by atoms with Gasteiger partial charge in [0.05, 0.1) is 5.52 Å². The largest absolute Gasteiger partial charge is 0.384 e. The zero-order valence-corrected chi connectivity index (χ0v) is 16.9. The van der Waals surface area contributed by atoms with Crippen LogP contribution in [0.25, 0.3) is 10.9 Å². The van der Waals surface area contributed by atoms with Gasteiger partial charge in [0.15, 0.2) is 0 Å². The van der Waals surface area contributed by atoms with Crippen LogP contribution in [0.4, 0.5) is 4.39 Å². The number of aliphatic hydroxyl groups is 1. The van der Waals surface area contributed by atoms with Crippen molar-refractivity contribution in [3.8, 4) is 0 Å². The summed E-state index contributed by atoms with van der Waals surface area (Å²) in [5.74, 6) is -0.277. The van der Waals surface area contributed by atoms with Gasteiger partial charge in [-0.15, -0.1) is 0 Å². The number of hydrogen-bond donors (Lipinski definition) is 2. The minimum atomic E-state index is -1.12. The molecule has 1 aromatic heterocycles. The third-order valence-corrected chi connectivity index (χ3v) is 6.46. The summed E-state index contributed by atoms with van der Waals surface area (Å²) in [6, 6.07) is 5.91. The SMILES string of the molecule is Cn1ccc2c(F)ccc(C(O)C3NC=CN3COCC[Si](C)(C)C)c21. The Hall–Kier alpha value is -1.83. The summed E-state index contributed by atoms with van der Waals surface area (Å²) in [6.45, 7) is 8.09. The monoisotopic (exact) mass is 377 g/mol. The van der Waals surface area contributed by atoms with E-state index >= 15 is 0 Å². The van der Waals surface area contributed by atoms with E-state index < -0.39 is 14.2 Å². The first-order valence-electron chi connectivity index (χ1n) is 8.96. The van der Waals surface area contributed by atoms with Gasteiger partial charge in [0.2, 0.25) is 0 Å². The van der Waals surface area contributed by atoms with Crippen molar-refractivity contribution in [2.24, 2.45) is 7.05 Å². The number of nitrogens with one attached hydrogen (secondary N) is 1. The fourth-order valence-electron chi connectivity index (χ4n) is 3.19. The zero-order valence-electron chi connectivity index (χ0n) is 15.9. The molecule has 26 heavy (non-hydrogen) atoms. The van der Waals surface area contributed by atoms with Crippen LogP contribution in [-0.4, -0.2) is 42.2 Å². The predicted octanol–water partition coefficient (Wildman–Crippen LogP) is 3.37. The van der Waals surface area contributed by atoms with E-state index in [9.17, 15) is 9.50 Å². The van der Waals surface area contributed by atoms with Crippen molar-refractivity contribution in [1.29, 1.82) is 0 Å². The molecule has 3 rings (SSSR count). The highest BCUT2D eigenvalue weighted by atomic mass is 28.3. The van der Waals surface area contributed by atoms with Crippen molar-refractivity contribution in [1.82, 2.24) is 14.8 Å². The molecule has 0 aliphatic carbocycles. The Balaban J connectivity index is 1.72. The first-order valence-corrected chi connectivity index (χ1v) is 12.7. The maximum atomic E-state index is 14.0. The van der Waals surface area contributed by atoms with Crippen molar-refractivity contribution in [2.45, 2.75) is 38.0 Å². The van der Waals surface area contributed by atoms with E-state index in [0.717, 1.165) is 12.7 Å². The molecule has 1 aliphatic rings. The Morgan fingerprint density at radius 3 is 2.81 bits per heavy atom. The van der Waals surface area contributed by atoms with Gasteiger partial charge in [-0.1, -0.05) is 25.7 Å². The van der Waals surface area contributed by atoms with Gasteiger partial charge < -0.3 is 24.6 Å². The van der Waals surface area contributed by atoms with E-state index in [2.05, 4.69) is 25.0 Å². The van der Waals surface area contributed by atoms with Gasteiger partial charge >= 0.3 is 0 Å². The van der Waals surface area contributed by atoms with E-state index in [1.54, 1.807) is 12.1 Å². The molecule has 2 aromatic rings. The molecule has 1 aliphatic heterocycles. The molecule has 0 amide bonds. The summed E-state index contributed by atoms with van der Waals surface area (Å²) >= 11 is 0. The van der Waals surface area contributed by atoms with Crippen LogP contribution >= 0.6 is 0 Å². The van der Waals surface area contributed by atoms with Crippen LogP contribution in [0.5, 0.6) is 0 Å². The molecule has 1 aromatic carbocycles. The average molecular weight is 378 g/mol. The van der Waals surface area contributed by atoms with Gasteiger partial charge in [-0.3, -0.25) is 0 Å². The Morgan fingerprint density at radius 1 is 1.31 bits per heavy atom. The predicted molar refractivity (Wildman–Crippen MR) is 105 cm³/mol. The maximum Gasteiger partial charge on any atom is 0.132 e. The quantitative estimate of drug-likeness (QED) is 0.574. The smallest absolute Gasteiger partial charge is 0.132 e. The van der Waals surface area contributed by atoms with Crippen LogP contribution in [0.1, 0.15) is 11.7 Å². The van der Waals surface area contributed by atoms with Gasteiger partial charge in [0, 0.05) is 51.3 Å². The number of rotatable bonds is 7. The molecule has 0 saturated heterocycles. The van der Waals surface area contributed by atoms with Crippen LogP contribution in [0, 0.1) is 5.82 Å². The first-order chi connectivity index (χ1) is 12.3. The van der Waals surface area contributed by atoms with Crippen LogP contribution in [0.3, 0.4) is 0 Å². The fourth-order valence-corrected chi connectivity index (χ4v) is 3.95. The molecule has 0 radical (unpaired) electrons. The van der Waals surface area contributed by atoms with E-state index in [0.29, 0.717) is 23.2 Å². The number of nitrogens with zero attached hydrogens (tertiary/aromatic N) is 2. The van der Waals surface area contributed by atoms with E-state index in [1.807, 2.05) is 35.1 Å². The van der Waals surface area contributed by atoms with Gasteiger partial charge in [0.25, 0.3) is 0 Å². The Labute approximate surface area is 155 Å². The molecular formula is C19H28FN3O2Si. The summed E-state index contributed by atoms with van der Waals surface area (Å²) in [4.78, 5) is 1.94. The van der Waals surface area contributed by atoms with Crippen LogP contribution < -0.4 is 5.32 Å². The molecular weight excluding hydrogens is 349 g/mol. The molecule has 142 valence electrons. The molecule has 2 unspecified atom stereocenters. The molecule has 0 fully saturated rings. The standard InChI is InChI=1S/C19H28FN3O2Si/c1-22-9-7-14-16(20)6-5-15(17(14)22)18(24)19-21-8-10-23(19)13-25-11-12-26(2,3)4/h5-10,18-19,21,24H,11-13H2,1-4H3. The Kier molecular flexibility index (Phi) is 5.41. The summed E-state index contributed by atoms with van der Waals surface area (Å²) in [5.41, 5.74) is 1.41.